The van der Waals surface area contributed by atoms with Gasteiger partial charge in [-0.1, -0.05) is 11.6 Å². The predicted molar refractivity (Wildman–Crippen MR) is 114 cm³/mol. The summed E-state index contributed by atoms with van der Waals surface area (Å²) in [5.41, 5.74) is -0.220. The maximum Gasteiger partial charge on any atom is 0.291 e. The monoisotopic (exact) mass is 428 g/mol. The summed E-state index contributed by atoms with van der Waals surface area (Å²) < 4.78 is 16.2. The van der Waals surface area contributed by atoms with E-state index in [1.807, 2.05) is 0 Å². The summed E-state index contributed by atoms with van der Waals surface area (Å²) in [6.07, 6.45) is 1.42. The van der Waals surface area contributed by atoms with E-state index < -0.39 is 11.5 Å². The molecule has 2 aromatic carbocycles. The highest BCUT2D eigenvalue weighted by molar-refractivity contribution is 6.30. The van der Waals surface area contributed by atoms with E-state index in [0.29, 0.717) is 27.9 Å². The fourth-order valence-electron chi connectivity index (χ4n) is 2.59. The van der Waals surface area contributed by atoms with Crippen LogP contribution in [0.2, 0.25) is 5.02 Å². The lowest BCUT2D eigenvalue weighted by Crippen LogP contribution is -2.42. The molecule has 0 aliphatic carbocycles. The third kappa shape index (κ3) is 5.12. The van der Waals surface area contributed by atoms with Crippen molar-refractivity contribution in [2.45, 2.75) is 19.4 Å². The van der Waals surface area contributed by atoms with Crippen molar-refractivity contribution in [1.82, 2.24) is 0 Å². The van der Waals surface area contributed by atoms with E-state index in [1.54, 1.807) is 68.4 Å². The minimum absolute atomic E-state index is 0.176. The van der Waals surface area contributed by atoms with Crippen LogP contribution in [0.25, 0.3) is 0 Å². The summed E-state index contributed by atoms with van der Waals surface area (Å²) in [4.78, 5) is 24.9. The number of furan rings is 1. The van der Waals surface area contributed by atoms with Crippen LogP contribution in [0, 0.1) is 0 Å². The standard InChI is InChI=1S/C22H21ClN2O5/c1-22(2,30-16-9-6-14(23)7-10-16)21(27)24-15-8-11-17(19(13-15)28-3)25-20(26)18-5-4-12-29-18/h4-13H,1-3H3,(H,24,27)(H,25,26). The molecule has 0 saturated heterocycles. The fraction of sp³-hybridized carbons (Fsp3) is 0.182. The summed E-state index contributed by atoms with van der Waals surface area (Å²) in [5.74, 6) is 0.312. The number of carbonyl (C=O) groups excluding carboxylic acids is 2. The summed E-state index contributed by atoms with van der Waals surface area (Å²) in [5, 5.41) is 6.08. The van der Waals surface area contributed by atoms with Gasteiger partial charge in [0.05, 0.1) is 19.1 Å². The molecule has 7 nitrogen and oxygen atoms in total. The number of hydrogen-bond donors (Lipinski definition) is 2. The van der Waals surface area contributed by atoms with Crippen LogP contribution >= 0.6 is 11.6 Å². The Morgan fingerprint density at radius 1 is 1.03 bits per heavy atom. The zero-order valence-corrected chi connectivity index (χ0v) is 17.4. The number of nitrogens with one attached hydrogen (secondary N) is 2. The van der Waals surface area contributed by atoms with Crippen molar-refractivity contribution in [1.29, 1.82) is 0 Å². The maximum atomic E-state index is 12.7. The van der Waals surface area contributed by atoms with Gasteiger partial charge in [-0.05, 0) is 62.4 Å². The SMILES string of the molecule is COc1cc(NC(=O)C(C)(C)Oc2ccc(Cl)cc2)ccc1NC(=O)c1ccco1. The first-order valence-corrected chi connectivity index (χ1v) is 9.45. The van der Waals surface area contributed by atoms with Gasteiger partial charge in [0.2, 0.25) is 0 Å². The maximum absolute atomic E-state index is 12.7. The minimum Gasteiger partial charge on any atom is -0.494 e. The minimum atomic E-state index is -1.15. The van der Waals surface area contributed by atoms with E-state index >= 15 is 0 Å². The van der Waals surface area contributed by atoms with Gasteiger partial charge in [-0.25, -0.2) is 0 Å². The zero-order valence-electron chi connectivity index (χ0n) is 16.7. The Morgan fingerprint density at radius 3 is 2.40 bits per heavy atom. The molecule has 156 valence electrons. The Balaban J connectivity index is 1.70. The Bertz CT molecular complexity index is 1030. The molecule has 0 aliphatic heterocycles. The molecule has 0 spiro atoms. The van der Waals surface area contributed by atoms with Crippen LogP contribution < -0.4 is 20.1 Å². The molecule has 0 bridgehead atoms. The topological polar surface area (TPSA) is 89.8 Å². The van der Waals surface area contributed by atoms with Crippen molar-refractivity contribution in [3.8, 4) is 11.5 Å². The van der Waals surface area contributed by atoms with Gasteiger partial charge in [0.1, 0.15) is 11.5 Å². The molecule has 0 radical (unpaired) electrons. The van der Waals surface area contributed by atoms with E-state index in [2.05, 4.69) is 10.6 Å². The van der Waals surface area contributed by atoms with Gasteiger partial charge < -0.3 is 24.5 Å². The molecule has 30 heavy (non-hydrogen) atoms. The summed E-state index contributed by atoms with van der Waals surface area (Å²) in [6, 6.07) is 14.8. The normalized spacial score (nSPS) is 10.9. The fourth-order valence-corrected chi connectivity index (χ4v) is 2.72. The lowest BCUT2D eigenvalue weighted by molar-refractivity contribution is -0.128. The Kier molecular flexibility index (Phi) is 6.32. The van der Waals surface area contributed by atoms with Gasteiger partial charge in [-0.2, -0.15) is 0 Å². The van der Waals surface area contributed by atoms with Crippen molar-refractivity contribution in [3.63, 3.8) is 0 Å². The number of hydrogen-bond acceptors (Lipinski definition) is 5. The van der Waals surface area contributed by atoms with Crippen molar-refractivity contribution in [3.05, 3.63) is 71.6 Å². The largest absolute Gasteiger partial charge is 0.494 e. The predicted octanol–water partition coefficient (Wildman–Crippen LogP) is 4.99. The van der Waals surface area contributed by atoms with E-state index in [-0.39, 0.29) is 11.7 Å². The van der Waals surface area contributed by atoms with E-state index in [9.17, 15) is 9.59 Å². The van der Waals surface area contributed by atoms with E-state index in [1.165, 1.54) is 13.4 Å². The summed E-state index contributed by atoms with van der Waals surface area (Å²) in [7, 11) is 1.47. The highest BCUT2D eigenvalue weighted by atomic mass is 35.5. The molecule has 0 saturated carbocycles. The number of amides is 2. The third-order valence-corrected chi connectivity index (χ3v) is 4.44. The zero-order chi connectivity index (χ0) is 21.7. The van der Waals surface area contributed by atoms with Crippen LogP contribution in [0.15, 0.2) is 65.3 Å². The van der Waals surface area contributed by atoms with E-state index in [0.717, 1.165) is 0 Å². The van der Waals surface area contributed by atoms with Crippen LogP contribution in [-0.2, 0) is 4.79 Å². The third-order valence-electron chi connectivity index (χ3n) is 4.19. The Hall–Kier alpha value is -3.45. The molecular weight excluding hydrogens is 408 g/mol. The smallest absolute Gasteiger partial charge is 0.291 e. The first kappa shape index (κ1) is 21.3. The van der Waals surface area contributed by atoms with Gasteiger partial charge >= 0.3 is 0 Å². The second kappa shape index (κ2) is 8.92. The highest BCUT2D eigenvalue weighted by Crippen LogP contribution is 2.29. The number of rotatable bonds is 7. The highest BCUT2D eigenvalue weighted by Gasteiger charge is 2.30. The van der Waals surface area contributed by atoms with Gasteiger partial charge in [0.25, 0.3) is 11.8 Å². The number of methoxy groups -OCH3 is 1. The van der Waals surface area contributed by atoms with Crippen LogP contribution in [0.4, 0.5) is 11.4 Å². The lowest BCUT2D eigenvalue weighted by atomic mass is 10.1. The second-order valence-corrected chi connectivity index (χ2v) is 7.30. The van der Waals surface area contributed by atoms with Crippen LogP contribution in [0.3, 0.4) is 0 Å². The number of anilines is 2. The molecule has 0 atom stereocenters. The Labute approximate surface area is 178 Å². The van der Waals surface area contributed by atoms with Gasteiger partial charge in [-0.15, -0.1) is 0 Å². The summed E-state index contributed by atoms with van der Waals surface area (Å²) >= 11 is 5.88. The molecule has 3 rings (SSSR count). The molecule has 8 heteroatoms. The van der Waals surface area contributed by atoms with Gasteiger partial charge in [0, 0.05) is 16.8 Å². The molecule has 2 amide bonds. The Morgan fingerprint density at radius 2 is 1.77 bits per heavy atom. The molecule has 1 aromatic heterocycles. The van der Waals surface area contributed by atoms with Crippen molar-refractivity contribution in [2.24, 2.45) is 0 Å². The first-order valence-electron chi connectivity index (χ1n) is 9.07. The number of halogens is 1. The van der Waals surface area contributed by atoms with Crippen LogP contribution in [-0.4, -0.2) is 24.5 Å². The van der Waals surface area contributed by atoms with Gasteiger partial charge in [-0.3, -0.25) is 9.59 Å². The average Bonchev–Trinajstić information content (AvgIpc) is 3.25. The van der Waals surface area contributed by atoms with E-state index in [4.69, 9.17) is 25.5 Å². The average molecular weight is 429 g/mol. The van der Waals surface area contributed by atoms with Crippen molar-refractivity contribution >= 4 is 34.8 Å². The second-order valence-electron chi connectivity index (χ2n) is 6.87. The number of benzene rings is 2. The molecule has 2 N–H and O–H groups in total. The first-order chi connectivity index (χ1) is 14.3. The van der Waals surface area contributed by atoms with Gasteiger partial charge in [0.15, 0.2) is 11.4 Å². The lowest BCUT2D eigenvalue weighted by Gasteiger charge is -2.25. The molecule has 1 heterocycles. The van der Waals surface area contributed by atoms with Crippen LogP contribution in [0.1, 0.15) is 24.4 Å². The summed E-state index contributed by atoms with van der Waals surface area (Å²) in [6.45, 7) is 3.32. The molecule has 0 fully saturated rings. The number of ether oxygens (including phenoxy) is 2. The molecular formula is C22H21ClN2O5. The van der Waals surface area contributed by atoms with Crippen molar-refractivity contribution in [2.75, 3.05) is 17.7 Å². The van der Waals surface area contributed by atoms with Crippen LogP contribution in [0.5, 0.6) is 11.5 Å². The van der Waals surface area contributed by atoms with Crippen molar-refractivity contribution < 1.29 is 23.5 Å². The quantitative estimate of drug-likeness (QED) is 0.553. The molecule has 3 aromatic rings. The molecule has 0 unspecified atom stereocenters. The number of carbonyl (C=O) groups is 2. The molecule has 0 aliphatic rings.